The number of hydrogen-bond donors (Lipinski definition) is 3. The number of amides is 1. The lowest BCUT2D eigenvalue weighted by atomic mass is 9.46. The first kappa shape index (κ1) is 27.6. The van der Waals surface area contributed by atoms with Crippen LogP contribution in [0.15, 0.2) is 47.1 Å². The van der Waals surface area contributed by atoms with E-state index in [1.54, 1.807) is 37.3 Å². The van der Waals surface area contributed by atoms with Crippen molar-refractivity contribution in [3.8, 4) is 0 Å². The Morgan fingerprint density at radius 3 is 2.46 bits per heavy atom. The van der Waals surface area contributed by atoms with Crippen LogP contribution in [0.25, 0.3) is 0 Å². The lowest BCUT2D eigenvalue weighted by Crippen LogP contribution is -2.57. The Morgan fingerprint density at radius 2 is 1.77 bits per heavy atom. The smallest absolute Gasteiger partial charge is 0.330 e. The second-order valence-electron chi connectivity index (χ2n) is 12.5. The van der Waals surface area contributed by atoms with Crippen LogP contribution in [0, 0.1) is 28.6 Å². The van der Waals surface area contributed by atoms with Crippen molar-refractivity contribution in [2.24, 2.45) is 33.7 Å². The highest BCUT2D eigenvalue weighted by atomic mass is 16.6. The van der Waals surface area contributed by atoms with E-state index in [9.17, 15) is 24.6 Å². The minimum absolute atomic E-state index is 0.0575. The van der Waals surface area contributed by atoms with Crippen molar-refractivity contribution in [3.05, 3.63) is 47.5 Å². The van der Waals surface area contributed by atoms with E-state index >= 15 is 0 Å². The molecule has 3 fully saturated rings. The molecular formula is C31H40N2O6. The van der Waals surface area contributed by atoms with Gasteiger partial charge in [-0.15, -0.1) is 0 Å². The number of hydrogen-bond acceptors (Lipinski definition) is 6. The zero-order chi connectivity index (χ0) is 28.0. The largest absolute Gasteiger partial charge is 0.479 e. The maximum atomic E-state index is 12.5. The van der Waals surface area contributed by atoms with Crippen LogP contribution in [0.1, 0.15) is 83.7 Å². The Kier molecular flexibility index (Phi) is 7.20. The lowest BCUT2D eigenvalue weighted by Gasteiger charge is -2.59. The summed E-state index contributed by atoms with van der Waals surface area (Å²) in [4.78, 5) is 41.9. The van der Waals surface area contributed by atoms with Crippen LogP contribution in [0.4, 0.5) is 0 Å². The van der Waals surface area contributed by atoms with Crippen molar-refractivity contribution >= 4 is 23.4 Å². The number of nitrogens with zero attached hydrogens (tertiary/aromatic N) is 1. The van der Waals surface area contributed by atoms with Gasteiger partial charge in [-0.05, 0) is 93.1 Å². The summed E-state index contributed by atoms with van der Waals surface area (Å²) < 4.78 is 0. The third-order valence-electron chi connectivity index (χ3n) is 10.8. The Hall–Kier alpha value is -3.00. The average molecular weight is 537 g/mol. The lowest BCUT2D eigenvalue weighted by molar-refractivity contribution is -0.159. The van der Waals surface area contributed by atoms with Crippen molar-refractivity contribution in [1.29, 1.82) is 0 Å². The molecule has 0 heterocycles. The number of allylic oxidation sites excluding steroid dienone is 2. The molecule has 1 aromatic carbocycles. The normalized spacial score (nSPS) is 37.1. The van der Waals surface area contributed by atoms with Crippen LogP contribution in [-0.4, -0.2) is 45.8 Å². The zero-order valence-corrected chi connectivity index (χ0v) is 23.1. The molecule has 0 bridgehead atoms. The van der Waals surface area contributed by atoms with Crippen LogP contribution >= 0.6 is 0 Å². The van der Waals surface area contributed by atoms with Gasteiger partial charge in [-0.3, -0.25) is 9.59 Å². The molecule has 0 spiro atoms. The quantitative estimate of drug-likeness (QED) is 0.438. The first-order valence-electron chi connectivity index (χ1n) is 14.2. The molecule has 1 amide bonds. The van der Waals surface area contributed by atoms with Gasteiger partial charge in [-0.25, -0.2) is 4.79 Å². The highest BCUT2D eigenvalue weighted by Gasteiger charge is 2.65. The number of carboxylic acid groups (broad SMARTS) is 1. The third kappa shape index (κ3) is 4.60. The van der Waals surface area contributed by atoms with Gasteiger partial charge in [0.25, 0.3) is 5.91 Å². The standard InChI is InChI=1S/C31H40N2O6/c1-19(34)31(38)16-13-25-23-10-9-21-17-22(11-14-29(21,2)24(23)12-15-30(25,31)3)33-39-18-26(35)32-27(28(36)37)20-7-5-4-6-8-20/h4-8,17,23-25,27,38H,9-16,18H2,1-3H3,(H,32,35)(H,36,37)/b33-22+/t23-,24+,25+,27-,29-,30-,31+/m0/s1. The Balaban J connectivity index is 1.23. The van der Waals surface area contributed by atoms with Gasteiger partial charge in [-0.1, -0.05) is 54.9 Å². The molecule has 7 atom stereocenters. The van der Waals surface area contributed by atoms with E-state index in [0.717, 1.165) is 50.7 Å². The number of aliphatic carboxylic acids is 1. The monoisotopic (exact) mass is 536 g/mol. The highest BCUT2D eigenvalue weighted by Crippen LogP contribution is 2.67. The summed E-state index contributed by atoms with van der Waals surface area (Å²) in [6, 6.07) is 7.40. The van der Waals surface area contributed by atoms with Gasteiger partial charge in [0.1, 0.15) is 5.60 Å². The maximum Gasteiger partial charge on any atom is 0.330 e. The Bertz CT molecular complexity index is 1210. The summed E-state index contributed by atoms with van der Waals surface area (Å²) in [5, 5.41) is 27.6. The molecule has 8 heteroatoms. The number of nitrogens with one attached hydrogen (secondary N) is 1. The maximum absolute atomic E-state index is 12.5. The molecule has 0 radical (unpaired) electrons. The molecule has 4 aliphatic rings. The van der Waals surface area contributed by atoms with E-state index < -0.39 is 23.5 Å². The molecule has 4 aliphatic carbocycles. The first-order chi connectivity index (χ1) is 18.5. The van der Waals surface area contributed by atoms with Gasteiger partial charge in [0.15, 0.2) is 18.4 Å². The number of carbonyl (C=O) groups is 3. The molecular weight excluding hydrogens is 496 g/mol. The zero-order valence-electron chi connectivity index (χ0n) is 23.1. The van der Waals surface area contributed by atoms with E-state index in [0.29, 0.717) is 29.7 Å². The predicted octanol–water partition coefficient (Wildman–Crippen LogP) is 4.58. The number of rotatable bonds is 7. The van der Waals surface area contributed by atoms with Crippen molar-refractivity contribution in [2.75, 3.05) is 6.61 Å². The molecule has 0 aliphatic heterocycles. The minimum Gasteiger partial charge on any atom is -0.479 e. The molecule has 3 saturated carbocycles. The van der Waals surface area contributed by atoms with Crippen LogP contribution in [0.5, 0.6) is 0 Å². The number of fused-ring (bicyclic) bond motifs is 5. The topological polar surface area (TPSA) is 125 Å². The molecule has 8 nitrogen and oxygen atoms in total. The Labute approximate surface area is 229 Å². The summed E-state index contributed by atoms with van der Waals surface area (Å²) in [5.41, 5.74) is 1.19. The van der Waals surface area contributed by atoms with E-state index in [-0.39, 0.29) is 23.2 Å². The van der Waals surface area contributed by atoms with E-state index in [1.165, 1.54) is 5.57 Å². The van der Waals surface area contributed by atoms with Crippen molar-refractivity contribution in [2.45, 2.75) is 83.8 Å². The fraction of sp³-hybridized carbons (Fsp3) is 0.613. The second kappa shape index (κ2) is 10.2. The molecule has 3 N–H and O–H groups in total. The number of carbonyl (C=O) groups excluding carboxylic acids is 2. The fourth-order valence-corrected chi connectivity index (χ4v) is 8.55. The average Bonchev–Trinajstić information content (AvgIpc) is 3.19. The van der Waals surface area contributed by atoms with Crippen LogP contribution in [-0.2, 0) is 19.2 Å². The van der Waals surface area contributed by atoms with E-state index in [4.69, 9.17) is 4.84 Å². The molecule has 0 aromatic heterocycles. The molecule has 39 heavy (non-hydrogen) atoms. The molecule has 1 aromatic rings. The second-order valence-corrected chi connectivity index (χ2v) is 12.5. The fourth-order valence-electron chi connectivity index (χ4n) is 8.55. The molecule has 0 unspecified atom stereocenters. The van der Waals surface area contributed by atoms with Crippen LogP contribution in [0.3, 0.4) is 0 Å². The van der Waals surface area contributed by atoms with Crippen molar-refractivity contribution < 1.29 is 29.4 Å². The highest BCUT2D eigenvalue weighted by molar-refractivity contribution is 5.96. The first-order valence-corrected chi connectivity index (χ1v) is 14.2. The van der Waals surface area contributed by atoms with Crippen LogP contribution in [0.2, 0.25) is 0 Å². The molecule has 0 saturated heterocycles. The van der Waals surface area contributed by atoms with Gasteiger partial charge in [-0.2, -0.15) is 0 Å². The van der Waals surface area contributed by atoms with Gasteiger partial charge in [0.05, 0.1) is 5.71 Å². The van der Waals surface area contributed by atoms with Gasteiger partial charge >= 0.3 is 5.97 Å². The number of oxime groups is 1. The van der Waals surface area contributed by atoms with E-state index in [1.807, 2.05) is 0 Å². The summed E-state index contributed by atoms with van der Waals surface area (Å²) in [7, 11) is 0. The number of Topliss-reactive ketones (excluding diaryl/α,β-unsaturated/α-hetero) is 1. The molecule has 210 valence electrons. The van der Waals surface area contributed by atoms with Gasteiger partial charge in [0.2, 0.25) is 0 Å². The van der Waals surface area contributed by atoms with Gasteiger partial charge < -0.3 is 20.4 Å². The Morgan fingerprint density at radius 1 is 1.05 bits per heavy atom. The minimum atomic E-state index is -1.19. The van der Waals surface area contributed by atoms with E-state index in [2.05, 4.69) is 30.4 Å². The summed E-state index contributed by atoms with van der Waals surface area (Å²) >= 11 is 0. The molecule has 5 rings (SSSR count). The SMILES string of the molecule is CC(=O)[C@]1(O)CC[C@@H]2[C@H]3CCC4=C/C(=N/OCC(=O)N[C@H](C(=O)O)c5ccccc5)CC[C@]4(C)[C@@H]3CC[C@@]21C. The van der Waals surface area contributed by atoms with Gasteiger partial charge in [0, 0.05) is 5.41 Å². The summed E-state index contributed by atoms with van der Waals surface area (Å²) in [5.74, 6) is -0.380. The van der Waals surface area contributed by atoms with Crippen molar-refractivity contribution in [3.63, 3.8) is 0 Å². The predicted molar refractivity (Wildman–Crippen MR) is 146 cm³/mol. The number of carboxylic acids is 1. The van der Waals surface area contributed by atoms with Crippen LogP contribution < -0.4 is 5.32 Å². The van der Waals surface area contributed by atoms with Crippen molar-refractivity contribution in [1.82, 2.24) is 5.32 Å². The number of aliphatic hydroxyl groups is 1. The number of ketones is 1. The summed E-state index contributed by atoms with van der Waals surface area (Å²) in [6.07, 6.45) is 9.21. The summed E-state index contributed by atoms with van der Waals surface area (Å²) in [6.45, 7) is 5.70. The third-order valence-corrected chi connectivity index (χ3v) is 10.8. The number of benzene rings is 1.